The SMILES string of the molecule is COC(=O)CCn1c(N)nc2cnccc21. The van der Waals surface area contributed by atoms with Crippen molar-refractivity contribution in [1.82, 2.24) is 14.5 Å². The first-order chi connectivity index (χ1) is 7.72. The van der Waals surface area contributed by atoms with Gasteiger partial charge in [-0.3, -0.25) is 9.78 Å². The standard InChI is InChI=1S/C10H12N4O2/c1-16-9(15)3-5-14-8-2-4-12-6-7(8)13-10(14)11/h2,4,6H,3,5H2,1H3,(H2,11,13). The van der Waals surface area contributed by atoms with E-state index in [9.17, 15) is 4.79 Å². The lowest BCUT2D eigenvalue weighted by atomic mass is 10.4. The number of esters is 1. The molecule has 0 amide bonds. The number of rotatable bonds is 3. The quantitative estimate of drug-likeness (QED) is 0.765. The summed E-state index contributed by atoms with van der Waals surface area (Å²) < 4.78 is 6.35. The molecule has 16 heavy (non-hydrogen) atoms. The molecule has 6 nitrogen and oxygen atoms in total. The van der Waals surface area contributed by atoms with Crippen molar-refractivity contribution in [2.24, 2.45) is 0 Å². The monoisotopic (exact) mass is 220 g/mol. The van der Waals surface area contributed by atoms with Gasteiger partial charge in [0.2, 0.25) is 5.95 Å². The second kappa shape index (κ2) is 4.18. The van der Waals surface area contributed by atoms with E-state index in [1.54, 1.807) is 17.0 Å². The van der Waals surface area contributed by atoms with Gasteiger partial charge in [-0.1, -0.05) is 0 Å². The molecule has 2 heterocycles. The molecule has 6 heteroatoms. The highest BCUT2D eigenvalue weighted by molar-refractivity contribution is 5.77. The molecule has 0 saturated heterocycles. The molecular formula is C10H12N4O2. The second-order valence-corrected chi connectivity index (χ2v) is 3.31. The molecule has 2 aromatic rings. The molecule has 0 aromatic carbocycles. The Kier molecular flexibility index (Phi) is 2.72. The number of anilines is 1. The Morgan fingerprint density at radius 1 is 1.62 bits per heavy atom. The van der Waals surface area contributed by atoms with Gasteiger partial charge in [-0.15, -0.1) is 0 Å². The maximum atomic E-state index is 11.0. The molecule has 0 aliphatic heterocycles. The number of aromatic nitrogens is 3. The number of nitrogens with zero attached hydrogens (tertiary/aromatic N) is 3. The largest absolute Gasteiger partial charge is 0.469 e. The number of carbonyl (C=O) groups excluding carboxylic acids is 1. The molecule has 0 aliphatic carbocycles. The minimum atomic E-state index is -0.268. The fraction of sp³-hybridized carbons (Fsp3) is 0.300. The average molecular weight is 220 g/mol. The molecule has 0 saturated carbocycles. The molecule has 0 bridgehead atoms. The molecule has 0 aliphatic rings. The van der Waals surface area contributed by atoms with Crippen molar-refractivity contribution >= 4 is 23.0 Å². The Balaban J connectivity index is 2.29. The number of carbonyl (C=O) groups is 1. The number of imidazole rings is 1. The zero-order valence-electron chi connectivity index (χ0n) is 8.88. The van der Waals surface area contributed by atoms with Crippen molar-refractivity contribution in [1.29, 1.82) is 0 Å². The Morgan fingerprint density at radius 2 is 2.44 bits per heavy atom. The van der Waals surface area contributed by atoms with E-state index in [1.807, 2.05) is 6.07 Å². The van der Waals surface area contributed by atoms with Crippen molar-refractivity contribution in [2.45, 2.75) is 13.0 Å². The summed E-state index contributed by atoms with van der Waals surface area (Å²) in [5.41, 5.74) is 7.35. The van der Waals surface area contributed by atoms with Crippen molar-refractivity contribution in [2.75, 3.05) is 12.8 Å². The molecule has 0 fully saturated rings. The third-order valence-electron chi connectivity index (χ3n) is 2.35. The number of fused-ring (bicyclic) bond motifs is 1. The second-order valence-electron chi connectivity index (χ2n) is 3.31. The topological polar surface area (TPSA) is 83.0 Å². The van der Waals surface area contributed by atoms with E-state index in [1.165, 1.54) is 7.11 Å². The number of nitrogens with two attached hydrogens (primary N) is 1. The van der Waals surface area contributed by atoms with Gasteiger partial charge in [0.1, 0.15) is 5.52 Å². The molecule has 2 aromatic heterocycles. The van der Waals surface area contributed by atoms with Gasteiger partial charge in [0.15, 0.2) is 0 Å². The molecule has 0 atom stereocenters. The van der Waals surface area contributed by atoms with Crippen molar-refractivity contribution < 1.29 is 9.53 Å². The van der Waals surface area contributed by atoms with E-state index >= 15 is 0 Å². The number of pyridine rings is 1. The lowest BCUT2D eigenvalue weighted by Crippen LogP contribution is -2.09. The van der Waals surface area contributed by atoms with Crippen LogP contribution in [0.25, 0.3) is 11.0 Å². The highest BCUT2D eigenvalue weighted by Crippen LogP contribution is 2.16. The Labute approximate surface area is 92.0 Å². The maximum Gasteiger partial charge on any atom is 0.307 e. The van der Waals surface area contributed by atoms with Gasteiger partial charge in [0.25, 0.3) is 0 Å². The normalized spacial score (nSPS) is 10.6. The minimum absolute atomic E-state index is 0.268. The summed E-state index contributed by atoms with van der Waals surface area (Å²) in [4.78, 5) is 19.1. The van der Waals surface area contributed by atoms with Crippen LogP contribution in [0.3, 0.4) is 0 Å². The number of nitrogen functional groups attached to an aromatic ring is 1. The molecule has 0 spiro atoms. The van der Waals surface area contributed by atoms with E-state index in [2.05, 4.69) is 14.7 Å². The van der Waals surface area contributed by atoms with Gasteiger partial charge in [-0.2, -0.15) is 0 Å². The van der Waals surface area contributed by atoms with Gasteiger partial charge in [-0.05, 0) is 6.07 Å². The van der Waals surface area contributed by atoms with Crippen LogP contribution in [0.15, 0.2) is 18.5 Å². The van der Waals surface area contributed by atoms with Gasteiger partial charge in [0.05, 0.1) is 25.2 Å². The lowest BCUT2D eigenvalue weighted by Gasteiger charge is -2.04. The van der Waals surface area contributed by atoms with E-state index in [0.717, 1.165) is 11.0 Å². The summed E-state index contributed by atoms with van der Waals surface area (Å²) in [7, 11) is 1.36. The first kappa shape index (κ1) is 10.4. The van der Waals surface area contributed by atoms with Gasteiger partial charge < -0.3 is 15.0 Å². The predicted octanol–water partition coefficient (Wildman–Crippen LogP) is 0.577. The predicted molar refractivity (Wildman–Crippen MR) is 58.6 cm³/mol. The van der Waals surface area contributed by atoms with Crippen LogP contribution in [0.1, 0.15) is 6.42 Å². The first-order valence-electron chi connectivity index (χ1n) is 4.85. The summed E-state index contributed by atoms with van der Waals surface area (Å²) >= 11 is 0. The van der Waals surface area contributed by atoms with Crippen LogP contribution in [-0.4, -0.2) is 27.6 Å². The van der Waals surface area contributed by atoms with Gasteiger partial charge in [0, 0.05) is 12.7 Å². The summed E-state index contributed by atoms with van der Waals surface area (Å²) in [5.74, 6) is 0.113. The van der Waals surface area contributed by atoms with E-state index in [4.69, 9.17) is 5.73 Å². The summed E-state index contributed by atoms with van der Waals surface area (Å²) in [6.45, 7) is 0.457. The molecule has 0 radical (unpaired) electrons. The number of ether oxygens (including phenoxy) is 1. The van der Waals surface area contributed by atoms with Crippen LogP contribution in [0, 0.1) is 0 Å². The lowest BCUT2D eigenvalue weighted by molar-refractivity contribution is -0.140. The summed E-state index contributed by atoms with van der Waals surface area (Å²) in [6.07, 6.45) is 3.58. The molecular weight excluding hydrogens is 208 g/mol. The van der Waals surface area contributed by atoms with Gasteiger partial charge in [-0.25, -0.2) is 4.98 Å². The van der Waals surface area contributed by atoms with Crippen LogP contribution in [0.2, 0.25) is 0 Å². The smallest absolute Gasteiger partial charge is 0.307 e. The zero-order valence-corrected chi connectivity index (χ0v) is 8.88. The number of hydrogen-bond acceptors (Lipinski definition) is 5. The third-order valence-corrected chi connectivity index (χ3v) is 2.35. The van der Waals surface area contributed by atoms with Crippen LogP contribution in [-0.2, 0) is 16.1 Å². The van der Waals surface area contributed by atoms with Crippen molar-refractivity contribution in [3.8, 4) is 0 Å². The molecule has 2 rings (SSSR count). The molecule has 0 unspecified atom stereocenters. The Morgan fingerprint density at radius 3 is 3.19 bits per heavy atom. The van der Waals surface area contributed by atoms with E-state index < -0.39 is 0 Å². The first-order valence-corrected chi connectivity index (χ1v) is 4.85. The number of hydrogen-bond donors (Lipinski definition) is 1. The number of aryl methyl sites for hydroxylation is 1. The van der Waals surface area contributed by atoms with Crippen LogP contribution in [0.4, 0.5) is 5.95 Å². The van der Waals surface area contributed by atoms with Crippen molar-refractivity contribution in [3.63, 3.8) is 0 Å². The maximum absolute atomic E-state index is 11.0. The van der Waals surface area contributed by atoms with Crippen molar-refractivity contribution in [3.05, 3.63) is 18.5 Å². The zero-order chi connectivity index (χ0) is 11.5. The Hall–Kier alpha value is -2.11. The number of methoxy groups -OCH3 is 1. The highest BCUT2D eigenvalue weighted by atomic mass is 16.5. The molecule has 84 valence electrons. The summed E-state index contributed by atoms with van der Waals surface area (Å²) in [5, 5.41) is 0. The van der Waals surface area contributed by atoms with Gasteiger partial charge >= 0.3 is 5.97 Å². The van der Waals surface area contributed by atoms with Crippen LogP contribution < -0.4 is 5.73 Å². The van der Waals surface area contributed by atoms with Crippen LogP contribution >= 0.6 is 0 Å². The Bertz CT molecular complexity index is 521. The van der Waals surface area contributed by atoms with E-state index in [0.29, 0.717) is 12.5 Å². The van der Waals surface area contributed by atoms with Crippen LogP contribution in [0.5, 0.6) is 0 Å². The minimum Gasteiger partial charge on any atom is -0.469 e. The molecule has 2 N–H and O–H groups in total. The highest BCUT2D eigenvalue weighted by Gasteiger charge is 2.09. The average Bonchev–Trinajstić information content (AvgIpc) is 2.62. The third kappa shape index (κ3) is 1.81. The fourth-order valence-corrected chi connectivity index (χ4v) is 1.54. The fourth-order valence-electron chi connectivity index (χ4n) is 1.54. The summed E-state index contributed by atoms with van der Waals surface area (Å²) in [6, 6.07) is 1.82. The van der Waals surface area contributed by atoms with E-state index in [-0.39, 0.29) is 12.4 Å².